The number of amides is 1. The highest BCUT2D eigenvalue weighted by Crippen LogP contribution is 2.23. The molecule has 1 aliphatic heterocycles. The van der Waals surface area contributed by atoms with Gasteiger partial charge in [0.15, 0.2) is 5.60 Å². The first kappa shape index (κ1) is 15.4. The van der Waals surface area contributed by atoms with Gasteiger partial charge in [0, 0.05) is 32.0 Å². The minimum absolute atomic E-state index is 0.0695. The number of carboxylic acid groups (broad SMARTS) is 1. The molecule has 5 nitrogen and oxygen atoms in total. The van der Waals surface area contributed by atoms with Crippen LogP contribution in [0.2, 0.25) is 0 Å². The van der Waals surface area contributed by atoms with E-state index in [1.165, 1.54) is 11.0 Å². The molecule has 0 aromatic heterocycles. The quantitative estimate of drug-likeness (QED) is 0.871. The van der Waals surface area contributed by atoms with E-state index in [4.69, 9.17) is 5.11 Å². The van der Waals surface area contributed by atoms with Crippen LogP contribution >= 0.6 is 0 Å². The summed E-state index contributed by atoms with van der Waals surface area (Å²) in [6, 6.07) is 2.99. The molecular formula is C14H15F2NO4. The summed E-state index contributed by atoms with van der Waals surface area (Å²) in [4.78, 5) is 24.3. The summed E-state index contributed by atoms with van der Waals surface area (Å²) in [5.41, 5.74) is -1.72. The molecule has 7 heteroatoms. The average molecular weight is 299 g/mol. The number of benzene rings is 1. The van der Waals surface area contributed by atoms with Crippen molar-refractivity contribution in [2.75, 3.05) is 13.1 Å². The Balaban J connectivity index is 1.98. The summed E-state index contributed by atoms with van der Waals surface area (Å²) in [6.07, 6.45) is -0.364. The van der Waals surface area contributed by atoms with Crippen LogP contribution < -0.4 is 0 Å². The maximum absolute atomic E-state index is 13.5. The molecule has 2 N–H and O–H groups in total. The van der Waals surface area contributed by atoms with E-state index in [1.807, 2.05) is 0 Å². The maximum atomic E-state index is 13.5. The molecule has 0 spiro atoms. The van der Waals surface area contributed by atoms with Crippen LogP contribution in [0.15, 0.2) is 18.2 Å². The van der Waals surface area contributed by atoms with Crippen molar-refractivity contribution in [1.82, 2.24) is 4.90 Å². The fourth-order valence-electron chi connectivity index (χ4n) is 2.28. The van der Waals surface area contributed by atoms with Gasteiger partial charge in [0.05, 0.1) is 6.42 Å². The lowest BCUT2D eigenvalue weighted by atomic mass is 9.91. The Kier molecular flexibility index (Phi) is 4.22. The van der Waals surface area contributed by atoms with E-state index < -0.39 is 23.2 Å². The third kappa shape index (κ3) is 3.36. The molecule has 1 aromatic carbocycles. The van der Waals surface area contributed by atoms with Crippen LogP contribution in [0, 0.1) is 11.6 Å². The Bertz CT molecular complexity index is 568. The molecule has 1 heterocycles. The van der Waals surface area contributed by atoms with Crippen LogP contribution in [0.1, 0.15) is 18.4 Å². The van der Waals surface area contributed by atoms with Gasteiger partial charge >= 0.3 is 5.97 Å². The van der Waals surface area contributed by atoms with Crippen molar-refractivity contribution in [2.24, 2.45) is 0 Å². The maximum Gasteiger partial charge on any atom is 0.335 e. The van der Waals surface area contributed by atoms with Crippen molar-refractivity contribution < 1.29 is 28.6 Å². The second-order valence-corrected chi connectivity index (χ2v) is 5.13. The SMILES string of the molecule is O=C(Cc1ccc(F)cc1F)N1CCC(O)(C(=O)O)CC1. The van der Waals surface area contributed by atoms with Crippen LogP contribution in [0.3, 0.4) is 0 Å². The molecule has 0 bridgehead atoms. The predicted molar refractivity (Wildman–Crippen MR) is 68.5 cm³/mol. The number of nitrogens with zero attached hydrogens (tertiary/aromatic N) is 1. The van der Waals surface area contributed by atoms with Crippen LogP contribution in [-0.2, 0) is 16.0 Å². The van der Waals surface area contributed by atoms with Crippen LogP contribution in [0.5, 0.6) is 0 Å². The summed E-state index contributed by atoms with van der Waals surface area (Å²) in [5.74, 6) is -3.19. The van der Waals surface area contributed by atoms with E-state index in [0.29, 0.717) is 6.07 Å². The lowest BCUT2D eigenvalue weighted by molar-refractivity contribution is -0.165. The molecule has 1 aromatic rings. The topological polar surface area (TPSA) is 77.8 Å². The van der Waals surface area contributed by atoms with Gasteiger partial charge in [0.25, 0.3) is 0 Å². The molecular weight excluding hydrogens is 284 g/mol. The second-order valence-electron chi connectivity index (χ2n) is 5.13. The number of piperidine rings is 1. The molecule has 1 fully saturated rings. The molecule has 1 saturated heterocycles. The molecule has 21 heavy (non-hydrogen) atoms. The summed E-state index contributed by atoms with van der Waals surface area (Å²) < 4.78 is 26.3. The fraction of sp³-hybridized carbons (Fsp3) is 0.429. The minimum atomic E-state index is -1.81. The van der Waals surface area contributed by atoms with Crippen molar-refractivity contribution in [3.05, 3.63) is 35.4 Å². The number of aliphatic carboxylic acids is 1. The van der Waals surface area contributed by atoms with Crippen molar-refractivity contribution >= 4 is 11.9 Å². The Hall–Kier alpha value is -2.02. The molecule has 0 unspecified atom stereocenters. The Labute approximate surface area is 119 Å². The zero-order valence-corrected chi connectivity index (χ0v) is 11.2. The number of likely N-dealkylation sites (tertiary alicyclic amines) is 1. The van der Waals surface area contributed by atoms with Gasteiger partial charge in [0.1, 0.15) is 11.6 Å². The van der Waals surface area contributed by atoms with Gasteiger partial charge in [-0.1, -0.05) is 6.07 Å². The van der Waals surface area contributed by atoms with Crippen LogP contribution in [0.25, 0.3) is 0 Å². The average Bonchev–Trinajstić information content (AvgIpc) is 2.42. The summed E-state index contributed by atoms with van der Waals surface area (Å²) in [5, 5.41) is 18.7. The fourth-order valence-corrected chi connectivity index (χ4v) is 2.28. The number of carbonyl (C=O) groups is 2. The van der Waals surface area contributed by atoms with Gasteiger partial charge in [-0.2, -0.15) is 0 Å². The molecule has 0 saturated carbocycles. The molecule has 0 radical (unpaired) electrons. The highest BCUT2D eigenvalue weighted by atomic mass is 19.1. The molecule has 2 rings (SSSR count). The van der Waals surface area contributed by atoms with Crippen LogP contribution in [-0.4, -0.2) is 45.7 Å². The number of hydrogen-bond acceptors (Lipinski definition) is 3. The molecule has 0 aliphatic carbocycles. The van der Waals surface area contributed by atoms with Crippen molar-refractivity contribution in [3.8, 4) is 0 Å². The van der Waals surface area contributed by atoms with Gasteiger partial charge in [0.2, 0.25) is 5.91 Å². The van der Waals surface area contributed by atoms with Crippen molar-refractivity contribution in [1.29, 1.82) is 0 Å². The first-order valence-electron chi connectivity index (χ1n) is 6.49. The van der Waals surface area contributed by atoms with Crippen molar-refractivity contribution in [3.63, 3.8) is 0 Å². The van der Waals surface area contributed by atoms with Crippen LogP contribution in [0.4, 0.5) is 8.78 Å². The van der Waals surface area contributed by atoms with E-state index in [2.05, 4.69) is 0 Å². The standard InChI is InChI=1S/C14H15F2NO4/c15-10-2-1-9(11(16)8-10)7-12(18)17-5-3-14(21,4-6-17)13(19)20/h1-2,8,21H,3-7H2,(H,19,20). The summed E-state index contributed by atoms with van der Waals surface area (Å²) >= 11 is 0. The van der Waals surface area contributed by atoms with E-state index in [-0.39, 0.29) is 43.8 Å². The number of halogens is 2. The van der Waals surface area contributed by atoms with E-state index >= 15 is 0 Å². The third-order valence-corrected chi connectivity index (χ3v) is 3.70. The zero-order chi connectivity index (χ0) is 15.6. The van der Waals surface area contributed by atoms with Gasteiger partial charge in [-0.3, -0.25) is 4.79 Å². The van der Waals surface area contributed by atoms with Gasteiger partial charge in [-0.05, 0) is 11.6 Å². The highest BCUT2D eigenvalue weighted by molar-refractivity contribution is 5.80. The Morgan fingerprint density at radius 2 is 1.86 bits per heavy atom. The Morgan fingerprint density at radius 1 is 1.24 bits per heavy atom. The zero-order valence-electron chi connectivity index (χ0n) is 11.2. The number of carbonyl (C=O) groups excluding carboxylic acids is 1. The number of carboxylic acids is 1. The highest BCUT2D eigenvalue weighted by Gasteiger charge is 2.40. The monoisotopic (exact) mass is 299 g/mol. The number of rotatable bonds is 3. The summed E-state index contributed by atoms with van der Waals surface area (Å²) in [7, 11) is 0. The first-order valence-corrected chi connectivity index (χ1v) is 6.49. The Morgan fingerprint density at radius 3 is 2.38 bits per heavy atom. The molecule has 1 amide bonds. The molecule has 114 valence electrons. The normalized spacial score (nSPS) is 17.6. The third-order valence-electron chi connectivity index (χ3n) is 3.70. The summed E-state index contributed by atoms with van der Waals surface area (Å²) in [6.45, 7) is 0.175. The first-order chi connectivity index (χ1) is 9.82. The van der Waals surface area contributed by atoms with E-state index in [9.17, 15) is 23.5 Å². The second kappa shape index (κ2) is 5.77. The van der Waals surface area contributed by atoms with Gasteiger partial charge in [-0.15, -0.1) is 0 Å². The predicted octanol–water partition coefficient (Wildman–Crippen LogP) is 0.945. The molecule has 0 atom stereocenters. The molecule has 1 aliphatic rings. The van der Waals surface area contributed by atoms with Gasteiger partial charge in [-0.25, -0.2) is 13.6 Å². The van der Waals surface area contributed by atoms with E-state index in [1.54, 1.807) is 0 Å². The number of aliphatic hydroxyl groups is 1. The lowest BCUT2D eigenvalue weighted by Crippen LogP contribution is -2.51. The van der Waals surface area contributed by atoms with Gasteiger partial charge < -0.3 is 15.1 Å². The van der Waals surface area contributed by atoms with E-state index in [0.717, 1.165) is 6.07 Å². The largest absolute Gasteiger partial charge is 0.479 e. The van der Waals surface area contributed by atoms with Crippen molar-refractivity contribution in [2.45, 2.75) is 24.9 Å². The minimum Gasteiger partial charge on any atom is -0.479 e. The number of hydrogen-bond donors (Lipinski definition) is 2. The lowest BCUT2D eigenvalue weighted by Gasteiger charge is -2.35. The smallest absolute Gasteiger partial charge is 0.335 e.